The quantitative estimate of drug-likeness (QED) is 0.831. The first-order chi connectivity index (χ1) is 8.77. The van der Waals surface area contributed by atoms with Crippen LogP contribution in [0.15, 0.2) is 17.5 Å². The second kappa shape index (κ2) is 6.37. The molecule has 2 rings (SSSR count). The molecule has 1 aromatic heterocycles. The third kappa shape index (κ3) is 3.14. The smallest absolute Gasteiger partial charge is 0.220 e. The maximum Gasteiger partial charge on any atom is 0.220 e. The lowest BCUT2D eigenvalue weighted by atomic mass is 9.84. The van der Waals surface area contributed by atoms with Crippen molar-refractivity contribution in [3.8, 4) is 0 Å². The molecule has 1 amide bonds. The fourth-order valence-electron chi connectivity index (χ4n) is 2.84. The van der Waals surface area contributed by atoms with E-state index in [1.165, 1.54) is 30.6 Å². The van der Waals surface area contributed by atoms with Gasteiger partial charge in [-0.1, -0.05) is 32.3 Å². The van der Waals surface area contributed by atoms with E-state index in [-0.39, 0.29) is 11.3 Å². The van der Waals surface area contributed by atoms with Crippen LogP contribution in [0.1, 0.15) is 56.7 Å². The fourth-order valence-corrected chi connectivity index (χ4v) is 3.82. The number of nitrogens with one attached hydrogen (secondary N) is 1. The molecule has 0 aromatic carbocycles. The number of hydrogen-bond acceptors (Lipinski definition) is 2. The Morgan fingerprint density at radius 2 is 2.22 bits per heavy atom. The first kappa shape index (κ1) is 13.6. The van der Waals surface area contributed by atoms with Crippen molar-refractivity contribution >= 4 is 17.2 Å². The summed E-state index contributed by atoms with van der Waals surface area (Å²) in [4.78, 5) is 13.2. The third-order valence-electron chi connectivity index (χ3n) is 3.99. The highest BCUT2D eigenvalue weighted by atomic mass is 32.1. The predicted molar refractivity (Wildman–Crippen MR) is 77.0 cm³/mol. The lowest BCUT2D eigenvalue weighted by molar-refractivity contribution is -0.121. The van der Waals surface area contributed by atoms with Crippen LogP contribution >= 0.6 is 11.3 Å². The van der Waals surface area contributed by atoms with Crippen LogP contribution in [0.25, 0.3) is 0 Å². The highest BCUT2D eigenvalue weighted by molar-refractivity contribution is 7.10. The van der Waals surface area contributed by atoms with Crippen LogP contribution in [0, 0.1) is 0 Å². The summed E-state index contributed by atoms with van der Waals surface area (Å²) in [6, 6.07) is 4.35. The largest absolute Gasteiger partial charge is 0.355 e. The van der Waals surface area contributed by atoms with E-state index in [1.54, 1.807) is 0 Å². The molecule has 2 nitrogen and oxygen atoms in total. The summed E-state index contributed by atoms with van der Waals surface area (Å²) in [5, 5.41) is 5.30. The Bertz CT molecular complexity index is 366. The lowest BCUT2D eigenvalue weighted by Gasteiger charge is -2.28. The summed E-state index contributed by atoms with van der Waals surface area (Å²) in [5.41, 5.74) is 0.232. The summed E-state index contributed by atoms with van der Waals surface area (Å²) in [5.74, 6) is 0.222. The number of rotatable bonds is 6. The number of carbonyl (C=O) groups is 1. The van der Waals surface area contributed by atoms with Gasteiger partial charge in [0.25, 0.3) is 0 Å². The first-order valence-electron chi connectivity index (χ1n) is 7.07. The molecule has 1 fully saturated rings. The molecule has 1 aliphatic carbocycles. The van der Waals surface area contributed by atoms with Crippen molar-refractivity contribution in [2.45, 2.75) is 57.3 Å². The monoisotopic (exact) mass is 265 g/mol. The maximum absolute atomic E-state index is 11.8. The van der Waals surface area contributed by atoms with Gasteiger partial charge in [-0.05, 0) is 30.7 Å². The van der Waals surface area contributed by atoms with Crippen molar-refractivity contribution in [3.05, 3.63) is 22.4 Å². The topological polar surface area (TPSA) is 29.1 Å². The van der Waals surface area contributed by atoms with E-state index in [2.05, 4.69) is 29.8 Å². The van der Waals surface area contributed by atoms with Crippen LogP contribution in [0.3, 0.4) is 0 Å². The van der Waals surface area contributed by atoms with Gasteiger partial charge in [0.2, 0.25) is 5.91 Å². The zero-order valence-corrected chi connectivity index (χ0v) is 12.0. The molecular weight excluding hydrogens is 242 g/mol. The van der Waals surface area contributed by atoms with Crippen molar-refractivity contribution < 1.29 is 4.79 Å². The van der Waals surface area contributed by atoms with Gasteiger partial charge in [-0.15, -0.1) is 11.3 Å². The second-order valence-electron chi connectivity index (χ2n) is 5.35. The van der Waals surface area contributed by atoms with Crippen molar-refractivity contribution in [2.24, 2.45) is 0 Å². The Kier molecular flexibility index (Phi) is 4.81. The Morgan fingerprint density at radius 1 is 1.44 bits per heavy atom. The van der Waals surface area contributed by atoms with Gasteiger partial charge in [-0.25, -0.2) is 0 Å². The molecule has 1 N–H and O–H groups in total. The molecule has 0 unspecified atom stereocenters. The number of carbonyl (C=O) groups excluding carboxylic acids is 1. The molecule has 1 heterocycles. The minimum atomic E-state index is 0.222. The molecule has 0 saturated heterocycles. The number of hydrogen-bond donors (Lipinski definition) is 1. The van der Waals surface area contributed by atoms with Gasteiger partial charge < -0.3 is 5.32 Å². The summed E-state index contributed by atoms with van der Waals surface area (Å²) >= 11 is 1.84. The maximum atomic E-state index is 11.8. The summed E-state index contributed by atoms with van der Waals surface area (Å²) < 4.78 is 0. The zero-order valence-electron chi connectivity index (χ0n) is 11.2. The van der Waals surface area contributed by atoms with Gasteiger partial charge in [0, 0.05) is 23.3 Å². The molecule has 100 valence electrons. The van der Waals surface area contributed by atoms with Crippen LogP contribution in [-0.2, 0) is 10.2 Å². The normalized spacial score (nSPS) is 17.8. The molecule has 1 saturated carbocycles. The van der Waals surface area contributed by atoms with Gasteiger partial charge in [0.05, 0.1) is 0 Å². The van der Waals surface area contributed by atoms with Crippen molar-refractivity contribution in [1.82, 2.24) is 5.32 Å². The minimum absolute atomic E-state index is 0.222. The average Bonchev–Trinajstić information content (AvgIpc) is 3.04. The highest BCUT2D eigenvalue weighted by Crippen LogP contribution is 2.42. The van der Waals surface area contributed by atoms with Crippen LogP contribution in [-0.4, -0.2) is 12.5 Å². The molecule has 1 aliphatic rings. The van der Waals surface area contributed by atoms with Gasteiger partial charge >= 0.3 is 0 Å². The average molecular weight is 265 g/mol. The predicted octanol–water partition coefficient (Wildman–Crippen LogP) is 3.87. The summed E-state index contributed by atoms with van der Waals surface area (Å²) in [6.07, 6.45) is 7.80. The van der Waals surface area contributed by atoms with E-state index < -0.39 is 0 Å². The van der Waals surface area contributed by atoms with Crippen molar-refractivity contribution in [1.29, 1.82) is 0 Å². The lowest BCUT2D eigenvalue weighted by Crippen LogP contribution is -2.38. The van der Waals surface area contributed by atoms with Gasteiger partial charge in [0.15, 0.2) is 0 Å². The molecule has 0 spiro atoms. The van der Waals surface area contributed by atoms with Crippen LogP contribution < -0.4 is 5.32 Å². The van der Waals surface area contributed by atoms with E-state index in [1.807, 2.05) is 11.3 Å². The minimum Gasteiger partial charge on any atom is -0.355 e. The van der Waals surface area contributed by atoms with Crippen LogP contribution in [0.5, 0.6) is 0 Å². The van der Waals surface area contributed by atoms with E-state index in [9.17, 15) is 4.79 Å². The number of thiophene rings is 1. The second-order valence-corrected chi connectivity index (χ2v) is 6.29. The molecule has 18 heavy (non-hydrogen) atoms. The first-order valence-corrected chi connectivity index (χ1v) is 7.95. The fraction of sp³-hybridized carbons (Fsp3) is 0.667. The standard InChI is InChI=1S/C15H23NOS/c1-2-3-8-14(17)16-12-15(9-4-5-10-15)13-7-6-11-18-13/h6-7,11H,2-5,8-10,12H2,1H3,(H,16,17). The highest BCUT2D eigenvalue weighted by Gasteiger charge is 2.36. The number of unbranched alkanes of at least 4 members (excludes halogenated alkanes) is 1. The Balaban J connectivity index is 1.93. The van der Waals surface area contributed by atoms with E-state index in [4.69, 9.17) is 0 Å². The SMILES string of the molecule is CCCCC(=O)NCC1(c2cccs2)CCCC1. The Morgan fingerprint density at radius 3 is 2.83 bits per heavy atom. The van der Waals surface area contributed by atoms with E-state index >= 15 is 0 Å². The van der Waals surface area contributed by atoms with Gasteiger partial charge in [0.1, 0.15) is 0 Å². The summed E-state index contributed by atoms with van der Waals surface area (Å²) in [7, 11) is 0. The molecule has 1 aromatic rings. The molecule has 0 bridgehead atoms. The molecule has 3 heteroatoms. The van der Waals surface area contributed by atoms with Crippen LogP contribution in [0.4, 0.5) is 0 Å². The van der Waals surface area contributed by atoms with Gasteiger partial charge in [-0.3, -0.25) is 4.79 Å². The van der Waals surface area contributed by atoms with Crippen molar-refractivity contribution in [3.63, 3.8) is 0 Å². The number of amides is 1. The molecule has 0 atom stereocenters. The zero-order chi connectivity index (χ0) is 12.8. The van der Waals surface area contributed by atoms with E-state index in [0.29, 0.717) is 6.42 Å². The Hall–Kier alpha value is -0.830. The molecule has 0 aliphatic heterocycles. The van der Waals surface area contributed by atoms with Crippen LogP contribution in [0.2, 0.25) is 0 Å². The third-order valence-corrected chi connectivity index (χ3v) is 5.10. The Labute approximate surface area is 114 Å². The van der Waals surface area contributed by atoms with E-state index in [0.717, 1.165) is 19.4 Å². The molecule has 0 radical (unpaired) electrons. The molecular formula is C15H23NOS. The summed E-state index contributed by atoms with van der Waals surface area (Å²) in [6.45, 7) is 2.95. The van der Waals surface area contributed by atoms with Gasteiger partial charge in [-0.2, -0.15) is 0 Å². The van der Waals surface area contributed by atoms with Crippen molar-refractivity contribution in [2.75, 3.05) is 6.54 Å².